The van der Waals surface area contributed by atoms with Crippen molar-refractivity contribution in [2.75, 3.05) is 11.6 Å². The number of aryl methyl sites for hydroxylation is 1. The summed E-state index contributed by atoms with van der Waals surface area (Å²) in [6.07, 6.45) is 8.03. The van der Waals surface area contributed by atoms with Gasteiger partial charge in [-0.2, -0.15) is 11.8 Å². The van der Waals surface area contributed by atoms with Crippen molar-refractivity contribution in [1.82, 2.24) is 9.97 Å². The van der Waals surface area contributed by atoms with Gasteiger partial charge in [-0.05, 0) is 31.9 Å². The van der Waals surface area contributed by atoms with Crippen molar-refractivity contribution in [3.8, 4) is 0 Å². The molecule has 1 aromatic rings. The highest BCUT2D eigenvalue weighted by atomic mass is 35.5. The van der Waals surface area contributed by atoms with Gasteiger partial charge in [0.2, 0.25) is 0 Å². The number of halogens is 1. The molecule has 1 aliphatic carbocycles. The van der Waals surface area contributed by atoms with Gasteiger partial charge in [0.15, 0.2) is 0 Å². The van der Waals surface area contributed by atoms with Crippen molar-refractivity contribution in [3.05, 3.63) is 17.0 Å². The number of aromatic nitrogens is 2. The third kappa shape index (κ3) is 3.75. The Bertz CT molecular complexity index is 392. The van der Waals surface area contributed by atoms with Crippen molar-refractivity contribution in [2.45, 2.75) is 50.3 Å². The zero-order valence-corrected chi connectivity index (χ0v) is 12.5. The summed E-state index contributed by atoms with van der Waals surface area (Å²) in [6.45, 7) is 2.04. The molecule has 0 amide bonds. The molecule has 0 spiro atoms. The first-order valence-electron chi connectivity index (χ1n) is 6.54. The van der Waals surface area contributed by atoms with E-state index in [-0.39, 0.29) is 0 Å². The number of anilines is 1. The Morgan fingerprint density at radius 2 is 2.06 bits per heavy atom. The van der Waals surface area contributed by atoms with E-state index in [1.165, 1.54) is 25.7 Å². The molecule has 2 rings (SSSR count). The third-order valence-corrected chi connectivity index (χ3v) is 4.75. The van der Waals surface area contributed by atoms with E-state index in [9.17, 15) is 0 Å². The van der Waals surface area contributed by atoms with Gasteiger partial charge in [-0.25, -0.2) is 9.97 Å². The maximum atomic E-state index is 6.00. The SMILES string of the molecule is CCc1nc(Cl)cc(NC2CCC(SC)CC2)n1. The summed E-state index contributed by atoms with van der Waals surface area (Å²) in [7, 11) is 0. The normalized spacial score (nSPS) is 23.9. The smallest absolute Gasteiger partial charge is 0.134 e. The highest BCUT2D eigenvalue weighted by molar-refractivity contribution is 7.99. The maximum Gasteiger partial charge on any atom is 0.134 e. The molecule has 1 aliphatic rings. The number of hydrogen-bond acceptors (Lipinski definition) is 4. The van der Waals surface area contributed by atoms with Gasteiger partial charge in [0.05, 0.1) is 0 Å². The second-order valence-electron chi connectivity index (χ2n) is 4.70. The second kappa shape index (κ2) is 6.62. The zero-order valence-electron chi connectivity index (χ0n) is 10.9. The van der Waals surface area contributed by atoms with Crippen molar-refractivity contribution < 1.29 is 0 Å². The monoisotopic (exact) mass is 285 g/mol. The largest absolute Gasteiger partial charge is 0.367 e. The van der Waals surface area contributed by atoms with E-state index in [2.05, 4.69) is 21.5 Å². The minimum absolute atomic E-state index is 0.530. The summed E-state index contributed by atoms with van der Waals surface area (Å²) in [5.74, 6) is 1.68. The second-order valence-corrected chi connectivity index (χ2v) is 6.22. The van der Waals surface area contributed by atoms with Gasteiger partial charge < -0.3 is 5.32 Å². The van der Waals surface area contributed by atoms with Gasteiger partial charge in [-0.3, -0.25) is 0 Å². The molecule has 1 N–H and O–H groups in total. The van der Waals surface area contributed by atoms with E-state index in [0.717, 1.165) is 23.3 Å². The van der Waals surface area contributed by atoms with E-state index in [0.29, 0.717) is 11.2 Å². The Hall–Kier alpha value is -0.480. The highest BCUT2D eigenvalue weighted by Crippen LogP contribution is 2.28. The molecular weight excluding hydrogens is 266 g/mol. The van der Waals surface area contributed by atoms with Gasteiger partial charge in [0.1, 0.15) is 16.8 Å². The molecule has 1 saturated carbocycles. The van der Waals surface area contributed by atoms with Crippen LogP contribution in [0, 0.1) is 0 Å². The summed E-state index contributed by atoms with van der Waals surface area (Å²) in [4.78, 5) is 8.66. The zero-order chi connectivity index (χ0) is 13.0. The van der Waals surface area contributed by atoms with Crippen LogP contribution in [0.4, 0.5) is 5.82 Å². The van der Waals surface area contributed by atoms with E-state index in [4.69, 9.17) is 11.6 Å². The first kappa shape index (κ1) is 13.9. The van der Waals surface area contributed by atoms with Crippen molar-refractivity contribution in [1.29, 1.82) is 0 Å². The van der Waals surface area contributed by atoms with Crippen LogP contribution in [0.5, 0.6) is 0 Å². The maximum absolute atomic E-state index is 6.00. The molecule has 0 radical (unpaired) electrons. The molecule has 0 bridgehead atoms. The topological polar surface area (TPSA) is 37.8 Å². The van der Waals surface area contributed by atoms with Crippen molar-refractivity contribution >= 4 is 29.2 Å². The number of nitrogens with zero attached hydrogens (tertiary/aromatic N) is 2. The van der Waals surface area contributed by atoms with E-state index < -0.39 is 0 Å². The lowest BCUT2D eigenvalue weighted by Gasteiger charge is -2.28. The Labute approximate surface area is 118 Å². The molecule has 18 heavy (non-hydrogen) atoms. The van der Waals surface area contributed by atoms with E-state index in [1.807, 2.05) is 24.8 Å². The molecule has 0 unspecified atom stereocenters. The number of hydrogen-bond donors (Lipinski definition) is 1. The Morgan fingerprint density at radius 3 is 2.67 bits per heavy atom. The minimum atomic E-state index is 0.530. The number of nitrogens with one attached hydrogen (secondary N) is 1. The molecule has 0 atom stereocenters. The van der Waals surface area contributed by atoms with Crippen LogP contribution in [-0.2, 0) is 6.42 Å². The molecule has 5 heteroatoms. The van der Waals surface area contributed by atoms with Gasteiger partial charge in [0, 0.05) is 23.8 Å². The lowest BCUT2D eigenvalue weighted by molar-refractivity contribution is 0.472. The van der Waals surface area contributed by atoms with Crippen LogP contribution in [0.15, 0.2) is 6.07 Å². The highest BCUT2D eigenvalue weighted by Gasteiger charge is 2.20. The van der Waals surface area contributed by atoms with Crippen LogP contribution >= 0.6 is 23.4 Å². The lowest BCUT2D eigenvalue weighted by atomic mass is 9.95. The molecule has 0 aromatic carbocycles. The average Bonchev–Trinajstić information content (AvgIpc) is 2.39. The first-order chi connectivity index (χ1) is 8.71. The van der Waals surface area contributed by atoms with Crippen LogP contribution in [0.3, 0.4) is 0 Å². The molecule has 1 heterocycles. The molecule has 100 valence electrons. The fraction of sp³-hybridized carbons (Fsp3) is 0.692. The van der Waals surface area contributed by atoms with Crippen molar-refractivity contribution in [2.24, 2.45) is 0 Å². The average molecular weight is 286 g/mol. The summed E-state index contributed by atoms with van der Waals surface area (Å²) >= 11 is 7.99. The van der Waals surface area contributed by atoms with Crippen molar-refractivity contribution in [3.63, 3.8) is 0 Å². The van der Waals surface area contributed by atoms with Gasteiger partial charge in [0.25, 0.3) is 0 Å². The van der Waals surface area contributed by atoms with Crippen LogP contribution < -0.4 is 5.32 Å². The third-order valence-electron chi connectivity index (χ3n) is 3.42. The van der Waals surface area contributed by atoms with Crippen LogP contribution in [0.25, 0.3) is 0 Å². The van der Waals surface area contributed by atoms with Crippen LogP contribution in [-0.4, -0.2) is 27.5 Å². The van der Waals surface area contributed by atoms with Crippen LogP contribution in [0.1, 0.15) is 38.4 Å². The number of thioether (sulfide) groups is 1. The number of rotatable bonds is 4. The fourth-order valence-electron chi connectivity index (χ4n) is 2.35. The summed E-state index contributed by atoms with van der Waals surface area (Å²) < 4.78 is 0. The summed E-state index contributed by atoms with van der Waals surface area (Å²) in [5.41, 5.74) is 0. The standard InChI is InChI=1S/C13H20ClN3S/c1-3-12-16-11(14)8-13(17-12)15-9-4-6-10(18-2)7-5-9/h8-10H,3-7H2,1-2H3,(H,15,16,17). The van der Waals surface area contributed by atoms with Gasteiger partial charge in [-0.1, -0.05) is 18.5 Å². The Morgan fingerprint density at radius 1 is 1.33 bits per heavy atom. The molecule has 1 fully saturated rings. The van der Waals surface area contributed by atoms with Gasteiger partial charge in [-0.15, -0.1) is 0 Å². The lowest BCUT2D eigenvalue weighted by Crippen LogP contribution is -2.27. The molecule has 3 nitrogen and oxygen atoms in total. The summed E-state index contributed by atoms with van der Waals surface area (Å²) in [5, 5.41) is 4.86. The predicted molar refractivity (Wildman–Crippen MR) is 79.6 cm³/mol. The molecule has 1 aromatic heterocycles. The first-order valence-corrected chi connectivity index (χ1v) is 8.20. The molecule has 0 saturated heterocycles. The Balaban J connectivity index is 1.95. The van der Waals surface area contributed by atoms with E-state index in [1.54, 1.807) is 0 Å². The molecular formula is C13H20ClN3S. The van der Waals surface area contributed by atoms with Crippen LogP contribution in [0.2, 0.25) is 5.15 Å². The summed E-state index contributed by atoms with van der Waals surface area (Å²) in [6, 6.07) is 2.35. The quantitative estimate of drug-likeness (QED) is 0.855. The Kier molecular flexibility index (Phi) is 5.13. The van der Waals surface area contributed by atoms with E-state index >= 15 is 0 Å². The predicted octanol–water partition coefficient (Wildman–Crippen LogP) is 3.78. The fourth-order valence-corrected chi connectivity index (χ4v) is 3.29. The van der Waals surface area contributed by atoms with Gasteiger partial charge >= 0.3 is 0 Å². The molecule has 0 aliphatic heterocycles. The minimum Gasteiger partial charge on any atom is -0.367 e.